The fourth-order valence-electron chi connectivity index (χ4n) is 3.24. The van der Waals surface area contributed by atoms with E-state index >= 15 is 0 Å². The van der Waals surface area contributed by atoms with Crippen molar-refractivity contribution in [2.75, 3.05) is 19.6 Å². The Kier molecular flexibility index (Phi) is 4.36. The highest BCUT2D eigenvalue weighted by Crippen LogP contribution is 2.34. The molecule has 0 aromatic carbocycles. The molecular formula is C13H24N2OS. The third-order valence-electron chi connectivity index (χ3n) is 4.01. The van der Waals surface area contributed by atoms with Crippen molar-refractivity contribution in [3.8, 4) is 0 Å². The minimum Gasteiger partial charge on any atom is -0.340 e. The Balaban J connectivity index is 1.99. The molecule has 2 N–H and O–H groups in total. The zero-order valence-electron chi connectivity index (χ0n) is 10.9. The average Bonchev–Trinajstić information content (AvgIpc) is 2.74. The van der Waals surface area contributed by atoms with Crippen LogP contribution in [0.5, 0.6) is 0 Å². The van der Waals surface area contributed by atoms with Gasteiger partial charge in [0.2, 0.25) is 5.91 Å². The van der Waals surface area contributed by atoms with Crippen LogP contribution in [0.25, 0.3) is 0 Å². The van der Waals surface area contributed by atoms with Gasteiger partial charge in [-0.25, -0.2) is 0 Å². The number of nitrogens with two attached hydrogens (primary N) is 1. The van der Waals surface area contributed by atoms with E-state index in [0.717, 1.165) is 25.9 Å². The molecule has 4 atom stereocenters. The molecule has 0 bridgehead atoms. The number of rotatable bonds is 2. The summed E-state index contributed by atoms with van der Waals surface area (Å²) in [6, 6.07) is 0. The predicted octanol–water partition coefficient (Wildman–Crippen LogP) is 1.71. The summed E-state index contributed by atoms with van der Waals surface area (Å²) in [5.41, 5.74) is 5.77. The van der Waals surface area contributed by atoms with E-state index in [4.69, 9.17) is 5.73 Å². The van der Waals surface area contributed by atoms with E-state index in [9.17, 15) is 4.79 Å². The monoisotopic (exact) mass is 256 g/mol. The van der Waals surface area contributed by atoms with E-state index in [1.54, 1.807) is 0 Å². The predicted molar refractivity (Wildman–Crippen MR) is 73.0 cm³/mol. The van der Waals surface area contributed by atoms with Crippen molar-refractivity contribution in [1.29, 1.82) is 0 Å². The molecule has 0 aromatic heterocycles. The Bertz CT molecular complexity index is 275. The third kappa shape index (κ3) is 2.97. The van der Waals surface area contributed by atoms with Crippen LogP contribution in [0.1, 0.15) is 33.1 Å². The van der Waals surface area contributed by atoms with E-state index in [1.807, 2.05) is 11.8 Å². The van der Waals surface area contributed by atoms with E-state index in [0.29, 0.717) is 28.9 Å². The molecule has 1 saturated carbocycles. The lowest BCUT2D eigenvalue weighted by atomic mass is 9.94. The van der Waals surface area contributed by atoms with E-state index < -0.39 is 0 Å². The number of carbonyl (C=O) groups excluding carboxylic acids is 1. The van der Waals surface area contributed by atoms with Crippen molar-refractivity contribution in [2.24, 2.45) is 17.6 Å². The molecule has 1 aliphatic heterocycles. The van der Waals surface area contributed by atoms with Gasteiger partial charge in [-0.05, 0) is 25.3 Å². The van der Waals surface area contributed by atoms with E-state index in [-0.39, 0.29) is 5.92 Å². The molecule has 1 amide bonds. The van der Waals surface area contributed by atoms with Gasteiger partial charge in [-0.2, -0.15) is 11.8 Å². The molecule has 2 fully saturated rings. The lowest BCUT2D eigenvalue weighted by Gasteiger charge is -2.37. The number of thioether (sulfide) groups is 1. The van der Waals surface area contributed by atoms with Gasteiger partial charge in [-0.1, -0.05) is 20.3 Å². The van der Waals surface area contributed by atoms with E-state index in [2.05, 4.69) is 18.7 Å². The summed E-state index contributed by atoms with van der Waals surface area (Å²) in [5, 5.41) is 1.14. The maximum absolute atomic E-state index is 12.5. The van der Waals surface area contributed by atoms with Gasteiger partial charge >= 0.3 is 0 Å². The fraction of sp³-hybridized carbons (Fsp3) is 0.923. The molecule has 0 aromatic rings. The summed E-state index contributed by atoms with van der Waals surface area (Å²) < 4.78 is 0. The lowest BCUT2D eigenvalue weighted by molar-refractivity contribution is -0.136. The molecule has 1 heterocycles. The molecule has 0 spiro atoms. The molecule has 2 aliphatic rings. The molecule has 4 heteroatoms. The highest BCUT2D eigenvalue weighted by Gasteiger charge is 2.36. The lowest BCUT2D eigenvalue weighted by Crippen LogP contribution is -2.47. The van der Waals surface area contributed by atoms with Crippen molar-refractivity contribution in [2.45, 2.75) is 43.6 Å². The van der Waals surface area contributed by atoms with Crippen LogP contribution in [0.15, 0.2) is 0 Å². The summed E-state index contributed by atoms with van der Waals surface area (Å²) in [6.07, 6.45) is 3.36. The Morgan fingerprint density at radius 1 is 1.29 bits per heavy atom. The minimum atomic E-state index is 0.211. The van der Waals surface area contributed by atoms with Gasteiger partial charge < -0.3 is 10.6 Å². The number of hydrogen-bond acceptors (Lipinski definition) is 3. The normalized spacial score (nSPS) is 38.4. The van der Waals surface area contributed by atoms with Gasteiger partial charge in [-0.3, -0.25) is 4.79 Å². The van der Waals surface area contributed by atoms with Gasteiger partial charge in [0.15, 0.2) is 0 Å². The van der Waals surface area contributed by atoms with Crippen LogP contribution in [0.4, 0.5) is 0 Å². The van der Waals surface area contributed by atoms with Gasteiger partial charge in [-0.15, -0.1) is 0 Å². The summed E-state index contributed by atoms with van der Waals surface area (Å²) in [6.45, 7) is 6.94. The molecular weight excluding hydrogens is 232 g/mol. The number of amides is 1. The van der Waals surface area contributed by atoms with Crippen LogP contribution in [-0.2, 0) is 4.79 Å². The van der Waals surface area contributed by atoms with Gasteiger partial charge in [0, 0.05) is 29.5 Å². The number of hydrogen-bond donors (Lipinski definition) is 1. The SMILES string of the molecule is CC1CN(C(=O)C2CCCC2CN)CC(C)S1. The van der Waals surface area contributed by atoms with Crippen molar-refractivity contribution in [3.63, 3.8) is 0 Å². The highest BCUT2D eigenvalue weighted by atomic mass is 32.2. The van der Waals surface area contributed by atoms with Crippen molar-refractivity contribution >= 4 is 17.7 Å². The summed E-state index contributed by atoms with van der Waals surface area (Å²) in [5.74, 6) is 1.02. The van der Waals surface area contributed by atoms with Crippen LogP contribution in [0, 0.1) is 11.8 Å². The third-order valence-corrected chi connectivity index (χ3v) is 5.24. The largest absolute Gasteiger partial charge is 0.340 e. The minimum absolute atomic E-state index is 0.211. The van der Waals surface area contributed by atoms with Gasteiger partial charge in [0.05, 0.1) is 0 Å². The molecule has 3 nitrogen and oxygen atoms in total. The second-order valence-corrected chi connectivity index (χ2v) is 7.42. The zero-order valence-corrected chi connectivity index (χ0v) is 11.7. The Labute approximate surface area is 108 Å². The molecule has 2 rings (SSSR count). The smallest absolute Gasteiger partial charge is 0.226 e. The maximum atomic E-state index is 12.5. The van der Waals surface area contributed by atoms with Crippen molar-refractivity contribution < 1.29 is 4.79 Å². The van der Waals surface area contributed by atoms with Crippen LogP contribution in [0.3, 0.4) is 0 Å². The summed E-state index contributed by atoms with van der Waals surface area (Å²) in [7, 11) is 0. The van der Waals surface area contributed by atoms with Crippen LogP contribution < -0.4 is 5.73 Å². The molecule has 0 radical (unpaired) electrons. The molecule has 17 heavy (non-hydrogen) atoms. The second-order valence-electron chi connectivity index (χ2n) is 5.53. The Morgan fingerprint density at radius 2 is 1.94 bits per heavy atom. The number of carbonyl (C=O) groups is 1. The maximum Gasteiger partial charge on any atom is 0.226 e. The first-order valence-electron chi connectivity index (χ1n) is 6.76. The summed E-state index contributed by atoms with van der Waals surface area (Å²) in [4.78, 5) is 14.6. The highest BCUT2D eigenvalue weighted by molar-refractivity contribution is 8.00. The Morgan fingerprint density at radius 3 is 2.53 bits per heavy atom. The average molecular weight is 256 g/mol. The van der Waals surface area contributed by atoms with Crippen LogP contribution in [0.2, 0.25) is 0 Å². The zero-order chi connectivity index (χ0) is 12.4. The van der Waals surface area contributed by atoms with Crippen molar-refractivity contribution in [1.82, 2.24) is 4.90 Å². The second kappa shape index (κ2) is 5.61. The first kappa shape index (κ1) is 13.2. The molecule has 4 unspecified atom stereocenters. The van der Waals surface area contributed by atoms with Crippen LogP contribution in [-0.4, -0.2) is 40.9 Å². The fourth-order valence-corrected chi connectivity index (χ4v) is 4.56. The van der Waals surface area contributed by atoms with Crippen LogP contribution >= 0.6 is 11.8 Å². The molecule has 1 saturated heterocycles. The topological polar surface area (TPSA) is 46.3 Å². The molecule has 98 valence electrons. The first-order chi connectivity index (χ1) is 8.11. The quantitative estimate of drug-likeness (QED) is 0.818. The van der Waals surface area contributed by atoms with Gasteiger partial charge in [0.25, 0.3) is 0 Å². The standard InChI is InChI=1S/C13H24N2OS/c1-9-7-15(8-10(2)17-9)13(16)12-5-3-4-11(12)6-14/h9-12H,3-8,14H2,1-2H3. The van der Waals surface area contributed by atoms with E-state index in [1.165, 1.54) is 6.42 Å². The van der Waals surface area contributed by atoms with Gasteiger partial charge in [0.1, 0.15) is 0 Å². The Hall–Kier alpha value is -0.220. The summed E-state index contributed by atoms with van der Waals surface area (Å²) >= 11 is 1.99. The molecule has 1 aliphatic carbocycles. The first-order valence-corrected chi connectivity index (χ1v) is 7.70. The van der Waals surface area contributed by atoms with Crippen molar-refractivity contribution in [3.05, 3.63) is 0 Å². The number of nitrogens with zero attached hydrogens (tertiary/aromatic N) is 1.